The molecule has 1 aromatic heterocycles. The number of amides is 1. The zero-order valence-corrected chi connectivity index (χ0v) is 13.6. The molecule has 0 saturated carbocycles. The van der Waals surface area contributed by atoms with Crippen LogP contribution in [0.25, 0.3) is 0 Å². The number of anilines is 2. The molecule has 2 heterocycles. The Morgan fingerprint density at radius 2 is 2.29 bits per heavy atom. The molecule has 2 N–H and O–H groups in total. The highest BCUT2D eigenvalue weighted by Gasteiger charge is 2.16. The molecule has 1 saturated heterocycles. The predicted molar refractivity (Wildman–Crippen MR) is 90.2 cm³/mol. The van der Waals surface area contributed by atoms with E-state index in [1.54, 1.807) is 6.20 Å². The number of nitrogens with one attached hydrogen (secondary N) is 2. The minimum Gasteiger partial charge on any atom is -0.357 e. The Hall–Kier alpha value is -1.27. The standard InChI is InChI=1S/C15H24N4OS/c1-3-19(4-2)14-6-5-12(10-17-14)18-15(20)9-13-11-21-8-7-16-13/h5-6,10,13,16H,3-4,7-9,11H2,1-2H3,(H,18,20). The largest absolute Gasteiger partial charge is 0.357 e. The molecule has 5 nitrogen and oxygen atoms in total. The summed E-state index contributed by atoms with van der Waals surface area (Å²) in [5, 5.41) is 6.29. The van der Waals surface area contributed by atoms with E-state index in [2.05, 4.69) is 34.4 Å². The summed E-state index contributed by atoms with van der Waals surface area (Å²) in [6.07, 6.45) is 2.25. The van der Waals surface area contributed by atoms with E-state index in [0.29, 0.717) is 6.42 Å². The minimum absolute atomic E-state index is 0.0485. The van der Waals surface area contributed by atoms with E-state index >= 15 is 0 Å². The van der Waals surface area contributed by atoms with Crippen molar-refractivity contribution in [2.75, 3.05) is 41.4 Å². The number of aromatic nitrogens is 1. The maximum absolute atomic E-state index is 12.0. The first kappa shape index (κ1) is 16.1. The van der Waals surface area contributed by atoms with Crippen molar-refractivity contribution in [3.05, 3.63) is 18.3 Å². The molecular weight excluding hydrogens is 284 g/mol. The van der Waals surface area contributed by atoms with Crippen molar-refractivity contribution in [3.8, 4) is 0 Å². The summed E-state index contributed by atoms with van der Waals surface area (Å²) in [5.41, 5.74) is 0.763. The van der Waals surface area contributed by atoms with Gasteiger partial charge in [0, 0.05) is 43.6 Å². The fourth-order valence-electron chi connectivity index (χ4n) is 2.38. The van der Waals surface area contributed by atoms with Crippen LogP contribution in [-0.2, 0) is 4.79 Å². The molecule has 116 valence electrons. The number of rotatable bonds is 6. The molecule has 0 radical (unpaired) electrons. The third kappa shape index (κ3) is 4.89. The Balaban J connectivity index is 1.86. The van der Waals surface area contributed by atoms with Gasteiger partial charge in [-0.15, -0.1) is 0 Å². The van der Waals surface area contributed by atoms with Crippen molar-refractivity contribution in [3.63, 3.8) is 0 Å². The molecule has 2 rings (SSSR count). The Morgan fingerprint density at radius 1 is 1.48 bits per heavy atom. The van der Waals surface area contributed by atoms with Crippen molar-refractivity contribution in [1.29, 1.82) is 0 Å². The van der Waals surface area contributed by atoms with E-state index in [-0.39, 0.29) is 11.9 Å². The average Bonchev–Trinajstić information content (AvgIpc) is 2.51. The highest BCUT2D eigenvalue weighted by molar-refractivity contribution is 7.99. The number of carbonyl (C=O) groups is 1. The van der Waals surface area contributed by atoms with Crippen LogP contribution in [-0.4, -0.2) is 48.1 Å². The summed E-state index contributed by atoms with van der Waals surface area (Å²) < 4.78 is 0. The van der Waals surface area contributed by atoms with Gasteiger partial charge in [-0.1, -0.05) is 0 Å². The van der Waals surface area contributed by atoms with Crippen LogP contribution < -0.4 is 15.5 Å². The summed E-state index contributed by atoms with van der Waals surface area (Å²) in [6.45, 7) is 7.06. The third-order valence-electron chi connectivity index (χ3n) is 3.55. The zero-order valence-electron chi connectivity index (χ0n) is 12.8. The van der Waals surface area contributed by atoms with Crippen LogP contribution in [0.4, 0.5) is 11.5 Å². The number of hydrogen-bond acceptors (Lipinski definition) is 5. The van der Waals surface area contributed by atoms with Gasteiger partial charge in [0.15, 0.2) is 0 Å². The molecule has 0 bridgehead atoms. The average molecular weight is 308 g/mol. The summed E-state index contributed by atoms with van der Waals surface area (Å²) >= 11 is 1.90. The van der Waals surface area contributed by atoms with Gasteiger partial charge in [0.05, 0.1) is 11.9 Å². The normalized spacial score (nSPS) is 18.3. The summed E-state index contributed by atoms with van der Waals surface area (Å²) in [5.74, 6) is 3.14. The van der Waals surface area contributed by atoms with Crippen molar-refractivity contribution >= 4 is 29.2 Å². The monoisotopic (exact) mass is 308 g/mol. The van der Waals surface area contributed by atoms with Gasteiger partial charge in [-0.3, -0.25) is 4.79 Å². The van der Waals surface area contributed by atoms with Crippen LogP contribution in [0.15, 0.2) is 18.3 Å². The fraction of sp³-hybridized carbons (Fsp3) is 0.600. The lowest BCUT2D eigenvalue weighted by molar-refractivity contribution is -0.116. The van der Waals surface area contributed by atoms with Gasteiger partial charge in [0.25, 0.3) is 0 Å². The van der Waals surface area contributed by atoms with Gasteiger partial charge >= 0.3 is 0 Å². The predicted octanol–water partition coefficient (Wildman–Crippen LogP) is 1.96. The maximum Gasteiger partial charge on any atom is 0.226 e. The Labute approximate surface area is 130 Å². The second kappa shape index (κ2) is 8.24. The van der Waals surface area contributed by atoms with E-state index in [9.17, 15) is 4.79 Å². The van der Waals surface area contributed by atoms with E-state index in [1.807, 2.05) is 23.9 Å². The highest BCUT2D eigenvalue weighted by Crippen LogP contribution is 2.15. The fourth-order valence-corrected chi connectivity index (χ4v) is 3.33. The maximum atomic E-state index is 12.0. The van der Waals surface area contributed by atoms with E-state index in [1.165, 1.54) is 0 Å². The Morgan fingerprint density at radius 3 is 2.86 bits per heavy atom. The lowest BCUT2D eigenvalue weighted by atomic mass is 10.2. The minimum atomic E-state index is 0.0485. The van der Waals surface area contributed by atoms with Gasteiger partial charge in [-0.25, -0.2) is 4.98 Å². The first-order valence-corrected chi connectivity index (χ1v) is 8.70. The zero-order chi connectivity index (χ0) is 15.1. The SMILES string of the molecule is CCN(CC)c1ccc(NC(=O)CC2CSCCN2)cn1. The molecular formula is C15H24N4OS. The summed E-state index contributed by atoms with van der Waals surface area (Å²) in [4.78, 5) is 18.6. The molecule has 1 amide bonds. The third-order valence-corrected chi connectivity index (χ3v) is 4.68. The molecule has 1 aliphatic rings. The number of thioether (sulfide) groups is 1. The van der Waals surface area contributed by atoms with Gasteiger partial charge in [-0.05, 0) is 26.0 Å². The number of hydrogen-bond donors (Lipinski definition) is 2. The van der Waals surface area contributed by atoms with Crippen molar-refractivity contribution in [2.45, 2.75) is 26.3 Å². The molecule has 1 atom stereocenters. The van der Waals surface area contributed by atoms with Crippen LogP contribution in [0.1, 0.15) is 20.3 Å². The Bertz CT molecular complexity index is 441. The Kier molecular flexibility index (Phi) is 6.32. The van der Waals surface area contributed by atoms with Crippen molar-refractivity contribution in [1.82, 2.24) is 10.3 Å². The number of carbonyl (C=O) groups excluding carboxylic acids is 1. The molecule has 0 aliphatic carbocycles. The first-order chi connectivity index (χ1) is 10.2. The molecule has 1 aliphatic heterocycles. The number of nitrogens with zero attached hydrogens (tertiary/aromatic N) is 2. The van der Waals surface area contributed by atoms with Crippen LogP contribution in [0.3, 0.4) is 0 Å². The quantitative estimate of drug-likeness (QED) is 0.841. The van der Waals surface area contributed by atoms with Gasteiger partial charge in [0.1, 0.15) is 5.82 Å². The van der Waals surface area contributed by atoms with Gasteiger partial charge in [0.2, 0.25) is 5.91 Å². The van der Waals surface area contributed by atoms with Crippen molar-refractivity contribution < 1.29 is 4.79 Å². The van der Waals surface area contributed by atoms with Crippen LogP contribution in [0, 0.1) is 0 Å². The highest BCUT2D eigenvalue weighted by atomic mass is 32.2. The van der Waals surface area contributed by atoms with Gasteiger partial charge < -0.3 is 15.5 Å². The van der Waals surface area contributed by atoms with E-state index in [4.69, 9.17) is 0 Å². The van der Waals surface area contributed by atoms with Gasteiger partial charge in [-0.2, -0.15) is 11.8 Å². The van der Waals surface area contributed by atoms with Crippen LogP contribution in [0.5, 0.6) is 0 Å². The lowest BCUT2D eigenvalue weighted by Crippen LogP contribution is -2.39. The summed E-state index contributed by atoms with van der Waals surface area (Å²) in [7, 11) is 0. The van der Waals surface area contributed by atoms with E-state index in [0.717, 1.165) is 42.6 Å². The molecule has 21 heavy (non-hydrogen) atoms. The smallest absolute Gasteiger partial charge is 0.226 e. The molecule has 1 fully saturated rings. The van der Waals surface area contributed by atoms with Crippen LogP contribution in [0.2, 0.25) is 0 Å². The molecule has 1 unspecified atom stereocenters. The summed E-state index contributed by atoms with van der Waals surface area (Å²) in [6, 6.07) is 4.16. The lowest BCUT2D eigenvalue weighted by Gasteiger charge is -2.22. The molecule has 0 aromatic carbocycles. The second-order valence-electron chi connectivity index (χ2n) is 5.06. The van der Waals surface area contributed by atoms with Crippen molar-refractivity contribution in [2.24, 2.45) is 0 Å². The molecule has 0 spiro atoms. The first-order valence-electron chi connectivity index (χ1n) is 7.55. The molecule has 1 aromatic rings. The number of pyridine rings is 1. The second-order valence-corrected chi connectivity index (χ2v) is 6.21. The van der Waals surface area contributed by atoms with E-state index < -0.39 is 0 Å². The topological polar surface area (TPSA) is 57.3 Å². The van der Waals surface area contributed by atoms with Crippen LogP contribution >= 0.6 is 11.8 Å². The molecule has 6 heteroatoms.